The summed E-state index contributed by atoms with van der Waals surface area (Å²) in [5, 5.41) is 8.74. The first kappa shape index (κ1) is 15.3. The van der Waals surface area contributed by atoms with E-state index in [0.717, 1.165) is 17.9 Å². The van der Waals surface area contributed by atoms with Gasteiger partial charge in [-0.05, 0) is 19.1 Å². The maximum atomic E-state index is 11.6. The van der Waals surface area contributed by atoms with Crippen molar-refractivity contribution in [2.45, 2.75) is 39.2 Å². The Kier molecular flexibility index (Phi) is 8.07. The van der Waals surface area contributed by atoms with Gasteiger partial charge in [0.2, 0.25) is 5.91 Å². The molecular weight excluding hydrogens is 226 g/mol. The summed E-state index contributed by atoms with van der Waals surface area (Å²) < 4.78 is 0. The molecule has 5 heteroatoms. The van der Waals surface area contributed by atoms with E-state index in [0.29, 0.717) is 6.42 Å². The van der Waals surface area contributed by atoms with Crippen LogP contribution in [0.15, 0.2) is 0 Å². The summed E-state index contributed by atoms with van der Waals surface area (Å²) in [5.41, 5.74) is 0. The molecule has 0 aromatic heterocycles. The van der Waals surface area contributed by atoms with Crippen LogP contribution in [0.3, 0.4) is 0 Å². The number of hydrogen-bond donors (Lipinski definition) is 1. The second-order valence-electron chi connectivity index (χ2n) is 3.73. The number of unbranched alkanes of at least 4 members (excludes halogenated alkanes) is 1. The van der Waals surface area contributed by atoms with Crippen LogP contribution >= 0.6 is 11.8 Å². The van der Waals surface area contributed by atoms with E-state index in [9.17, 15) is 9.59 Å². The lowest BCUT2D eigenvalue weighted by molar-refractivity contribution is -0.148. The number of carboxylic acids is 1. The van der Waals surface area contributed by atoms with Crippen LogP contribution in [0.4, 0.5) is 0 Å². The molecule has 1 atom stereocenters. The van der Waals surface area contributed by atoms with Gasteiger partial charge in [-0.15, -0.1) is 0 Å². The lowest BCUT2D eigenvalue weighted by Crippen LogP contribution is -2.40. The average molecular weight is 247 g/mol. The number of hydrogen-bond acceptors (Lipinski definition) is 3. The van der Waals surface area contributed by atoms with Crippen LogP contribution in [0.2, 0.25) is 0 Å². The Bertz CT molecular complexity index is 233. The Morgan fingerprint density at radius 1 is 1.38 bits per heavy atom. The van der Waals surface area contributed by atoms with Gasteiger partial charge in [0, 0.05) is 19.2 Å². The van der Waals surface area contributed by atoms with Crippen molar-refractivity contribution in [3.63, 3.8) is 0 Å². The Labute approximate surface area is 101 Å². The van der Waals surface area contributed by atoms with Crippen LogP contribution in [0.5, 0.6) is 0 Å². The number of nitrogens with zero attached hydrogens (tertiary/aromatic N) is 1. The summed E-state index contributed by atoms with van der Waals surface area (Å²) in [4.78, 5) is 23.5. The molecule has 0 spiro atoms. The van der Waals surface area contributed by atoms with Crippen LogP contribution < -0.4 is 0 Å². The Balaban J connectivity index is 3.75. The smallest absolute Gasteiger partial charge is 0.326 e. The molecule has 94 valence electrons. The van der Waals surface area contributed by atoms with Crippen molar-refractivity contribution in [2.24, 2.45) is 0 Å². The van der Waals surface area contributed by atoms with Crippen molar-refractivity contribution in [1.82, 2.24) is 4.90 Å². The van der Waals surface area contributed by atoms with E-state index < -0.39 is 12.0 Å². The molecular formula is C11H21NO3S. The van der Waals surface area contributed by atoms with Gasteiger partial charge in [-0.1, -0.05) is 13.3 Å². The molecule has 0 aliphatic rings. The van der Waals surface area contributed by atoms with E-state index in [4.69, 9.17) is 5.11 Å². The van der Waals surface area contributed by atoms with Crippen LogP contribution in [-0.4, -0.2) is 46.5 Å². The minimum Gasteiger partial charge on any atom is -0.480 e. The van der Waals surface area contributed by atoms with Crippen molar-refractivity contribution in [2.75, 3.05) is 18.6 Å². The molecule has 0 aliphatic heterocycles. The summed E-state index contributed by atoms with van der Waals surface area (Å²) >= 11 is 1.75. The topological polar surface area (TPSA) is 57.6 Å². The van der Waals surface area contributed by atoms with Gasteiger partial charge in [0.15, 0.2) is 0 Å². The predicted molar refractivity (Wildman–Crippen MR) is 66.7 cm³/mol. The maximum absolute atomic E-state index is 11.6. The molecule has 4 nitrogen and oxygen atoms in total. The number of carboxylic acid groups (broad SMARTS) is 1. The molecule has 0 saturated carbocycles. The first-order valence-corrected chi connectivity index (χ1v) is 6.72. The highest BCUT2D eigenvalue weighted by Crippen LogP contribution is 2.08. The Morgan fingerprint density at radius 3 is 2.50 bits per heavy atom. The molecule has 0 radical (unpaired) electrons. The lowest BCUT2D eigenvalue weighted by atomic mass is 10.3. The zero-order chi connectivity index (χ0) is 12.6. The summed E-state index contributed by atoms with van der Waals surface area (Å²) in [7, 11) is 1.54. The average Bonchev–Trinajstić information content (AvgIpc) is 2.26. The Hall–Kier alpha value is -0.710. The van der Waals surface area contributed by atoms with Crippen LogP contribution in [0.25, 0.3) is 0 Å². The van der Waals surface area contributed by atoms with Crippen molar-refractivity contribution in [3.8, 4) is 0 Å². The van der Waals surface area contributed by atoms with Gasteiger partial charge in [-0.3, -0.25) is 4.79 Å². The monoisotopic (exact) mass is 247 g/mol. The van der Waals surface area contributed by atoms with Gasteiger partial charge in [-0.2, -0.15) is 11.8 Å². The van der Waals surface area contributed by atoms with E-state index in [2.05, 4.69) is 6.92 Å². The number of carbonyl (C=O) groups is 2. The van der Waals surface area contributed by atoms with E-state index >= 15 is 0 Å². The maximum Gasteiger partial charge on any atom is 0.326 e. The molecule has 16 heavy (non-hydrogen) atoms. The van der Waals surface area contributed by atoms with Crippen LogP contribution in [0.1, 0.15) is 33.1 Å². The number of thioether (sulfide) groups is 1. The normalized spacial score (nSPS) is 12.2. The molecule has 0 saturated heterocycles. The molecule has 0 rings (SSSR count). The van der Waals surface area contributed by atoms with Crippen molar-refractivity contribution in [1.29, 1.82) is 0 Å². The van der Waals surface area contributed by atoms with E-state index in [1.54, 1.807) is 11.8 Å². The minimum absolute atomic E-state index is 0.0982. The third-order valence-corrected chi connectivity index (χ3v) is 3.50. The second-order valence-corrected chi connectivity index (χ2v) is 4.96. The summed E-state index contributed by atoms with van der Waals surface area (Å²) in [6, 6.07) is -0.742. The standard InChI is InChI=1S/C11H21NO3S/c1-4-5-7-16-8-6-10(13)12(3)9(2)11(14)15/h9H,4-8H2,1-3H3,(H,14,15). The van der Waals surface area contributed by atoms with Crippen molar-refractivity contribution < 1.29 is 14.7 Å². The third-order valence-electron chi connectivity index (χ3n) is 2.43. The molecule has 0 fully saturated rings. The fourth-order valence-corrected chi connectivity index (χ4v) is 2.08. The summed E-state index contributed by atoms with van der Waals surface area (Å²) in [5.74, 6) is 0.783. The highest BCUT2D eigenvalue weighted by Gasteiger charge is 2.20. The number of rotatable bonds is 8. The van der Waals surface area contributed by atoms with E-state index in [1.807, 2.05) is 0 Å². The lowest BCUT2D eigenvalue weighted by Gasteiger charge is -2.21. The summed E-state index contributed by atoms with van der Waals surface area (Å²) in [6.07, 6.45) is 2.75. The first-order chi connectivity index (χ1) is 7.50. The van der Waals surface area contributed by atoms with Crippen LogP contribution in [0, 0.1) is 0 Å². The van der Waals surface area contributed by atoms with Crippen molar-refractivity contribution >= 4 is 23.6 Å². The third kappa shape index (κ3) is 6.00. The zero-order valence-electron chi connectivity index (χ0n) is 10.2. The van der Waals surface area contributed by atoms with Gasteiger partial charge < -0.3 is 10.0 Å². The number of aliphatic carboxylic acids is 1. The van der Waals surface area contributed by atoms with Gasteiger partial charge in [0.1, 0.15) is 6.04 Å². The number of amides is 1. The van der Waals surface area contributed by atoms with Crippen LogP contribution in [-0.2, 0) is 9.59 Å². The van der Waals surface area contributed by atoms with Gasteiger partial charge >= 0.3 is 5.97 Å². The fourth-order valence-electron chi connectivity index (χ4n) is 1.07. The highest BCUT2D eigenvalue weighted by atomic mass is 32.2. The molecule has 0 bridgehead atoms. The molecule has 1 unspecified atom stereocenters. The number of carbonyl (C=O) groups excluding carboxylic acids is 1. The highest BCUT2D eigenvalue weighted by molar-refractivity contribution is 7.99. The first-order valence-electron chi connectivity index (χ1n) is 5.56. The molecule has 0 aromatic carbocycles. The van der Waals surface area contributed by atoms with Gasteiger partial charge in [0.25, 0.3) is 0 Å². The fraction of sp³-hybridized carbons (Fsp3) is 0.818. The molecule has 0 aliphatic carbocycles. The van der Waals surface area contributed by atoms with E-state index in [-0.39, 0.29) is 5.91 Å². The largest absolute Gasteiger partial charge is 0.480 e. The second kappa shape index (κ2) is 8.44. The molecule has 1 amide bonds. The SMILES string of the molecule is CCCCSCCC(=O)N(C)C(C)C(=O)O. The van der Waals surface area contributed by atoms with Crippen molar-refractivity contribution in [3.05, 3.63) is 0 Å². The Morgan fingerprint density at radius 2 is 2.00 bits per heavy atom. The zero-order valence-corrected chi connectivity index (χ0v) is 11.0. The number of likely N-dealkylation sites (N-methyl/N-ethyl adjacent to an activating group) is 1. The summed E-state index contributed by atoms with van der Waals surface area (Å²) in [6.45, 7) is 3.65. The minimum atomic E-state index is -0.963. The van der Waals surface area contributed by atoms with Gasteiger partial charge in [-0.25, -0.2) is 4.79 Å². The predicted octanol–water partition coefficient (Wildman–Crippen LogP) is 1.84. The molecule has 0 heterocycles. The quantitative estimate of drug-likeness (QED) is 0.665. The van der Waals surface area contributed by atoms with Gasteiger partial charge in [0.05, 0.1) is 0 Å². The van der Waals surface area contributed by atoms with E-state index in [1.165, 1.54) is 25.3 Å². The molecule has 1 N–H and O–H groups in total. The molecule has 0 aromatic rings.